The molecule has 2 fully saturated rings. The van der Waals surface area contributed by atoms with Gasteiger partial charge in [-0.05, 0) is 50.5 Å². The molecule has 4 unspecified atom stereocenters. The van der Waals surface area contributed by atoms with Crippen molar-refractivity contribution >= 4 is 5.97 Å². The van der Waals surface area contributed by atoms with Crippen LogP contribution in [0.15, 0.2) is 0 Å². The fourth-order valence-electron chi connectivity index (χ4n) is 3.73. The third-order valence-corrected chi connectivity index (χ3v) is 5.01. The first-order chi connectivity index (χ1) is 8.70. The Kier molecular flexibility index (Phi) is 5.04. The second-order valence-electron chi connectivity index (χ2n) is 6.18. The molecular weight excluding hydrogens is 226 g/mol. The molecule has 2 N–H and O–H groups in total. The number of carboxylic acid groups (broad SMARTS) is 1. The third kappa shape index (κ3) is 3.47. The molecule has 18 heavy (non-hydrogen) atoms. The number of nitrogens with one attached hydrogen (secondary N) is 1. The Morgan fingerprint density at radius 3 is 2.67 bits per heavy atom. The fourth-order valence-corrected chi connectivity index (χ4v) is 3.73. The van der Waals surface area contributed by atoms with Gasteiger partial charge < -0.3 is 10.4 Å². The SMILES string of the molecule is CCC1CCC(NCC2CCCCC2C(=O)O)C1. The summed E-state index contributed by atoms with van der Waals surface area (Å²) in [5, 5.41) is 12.9. The molecule has 0 radical (unpaired) electrons. The van der Waals surface area contributed by atoms with Crippen molar-refractivity contribution < 1.29 is 9.90 Å². The first kappa shape index (κ1) is 13.9. The Hall–Kier alpha value is -0.570. The summed E-state index contributed by atoms with van der Waals surface area (Å²) in [5.41, 5.74) is 0. The predicted molar refractivity (Wildman–Crippen MR) is 72.5 cm³/mol. The summed E-state index contributed by atoms with van der Waals surface area (Å²) in [6, 6.07) is 0.645. The summed E-state index contributed by atoms with van der Waals surface area (Å²) in [5.74, 6) is 0.565. The molecule has 0 heterocycles. The van der Waals surface area contributed by atoms with Gasteiger partial charge in [-0.25, -0.2) is 0 Å². The van der Waals surface area contributed by atoms with Crippen LogP contribution in [0.4, 0.5) is 0 Å². The molecule has 2 aliphatic rings. The van der Waals surface area contributed by atoms with Gasteiger partial charge in [-0.15, -0.1) is 0 Å². The van der Waals surface area contributed by atoms with Crippen molar-refractivity contribution in [3.63, 3.8) is 0 Å². The van der Waals surface area contributed by atoms with E-state index in [0.29, 0.717) is 12.0 Å². The summed E-state index contributed by atoms with van der Waals surface area (Å²) < 4.78 is 0. The summed E-state index contributed by atoms with van der Waals surface area (Å²) in [7, 11) is 0. The van der Waals surface area contributed by atoms with Crippen LogP contribution in [0.5, 0.6) is 0 Å². The Morgan fingerprint density at radius 1 is 1.22 bits per heavy atom. The largest absolute Gasteiger partial charge is 0.481 e. The Labute approximate surface area is 110 Å². The topological polar surface area (TPSA) is 49.3 Å². The van der Waals surface area contributed by atoms with Crippen LogP contribution in [0.1, 0.15) is 58.3 Å². The van der Waals surface area contributed by atoms with E-state index < -0.39 is 5.97 Å². The van der Waals surface area contributed by atoms with Gasteiger partial charge >= 0.3 is 5.97 Å². The summed E-state index contributed by atoms with van der Waals surface area (Å²) in [4.78, 5) is 11.2. The minimum atomic E-state index is -0.584. The number of aliphatic carboxylic acids is 1. The van der Waals surface area contributed by atoms with Gasteiger partial charge in [0, 0.05) is 6.04 Å². The van der Waals surface area contributed by atoms with Crippen molar-refractivity contribution in [2.24, 2.45) is 17.8 Å². The second-order valence-corrected chi connectivity index (χ2v) is 6.18. The number of hydrogen-bond donors (Lipinski definition) is 2. The van der Waals surface area contributed by atoms with Crippen molar-refractivity contribution in [2.45, 2.75) is 64.3 Å². The van der Waals surface area contributed by atoms with Gasteiger partial charge in [0.1, 0.15) is 0 Å². The summed E-state index contributed by atoms with van der Waals surface area (Å²) in [6.45, 7) is 3.19. The fraction of sp³-hybridized carbons (Fsp3) is 0.933. The summed E-state index contributed by atoms with van der Waals surface area (Å²) >= 11 is 0. The van der Waals surface area contributed by atoms with Gasteiger partial charge in [0.05, 0.1) is 5.92 Å². The zero-order chi connectivity index (χ0) is 13.0. The molecular formula is C15H27NO2. The first-order valence-corrected chi connectivity index (χ1v) is 7.67. The highest BCUT2D eigenvalue weighted by Gasteiger charge is 2.31. The molecule has 2 aliphatic carbocycles. The molecule has 0 aromatic heterocycles. The van der Waals surface area contributed by atoms with Crippen molar-refractivity contribution in [3.05, 3.63) is 0 Å². The van der Waals surface area contributed by atoms with Crippen LogP contribution in [0.3, 0.4) is 0 Å². The number of rotatable bonds is 5. The minimum absolute atomic E-state index is 0.102. The van der Waals surface area contributed by atoms with Gasteiger partial charge in [0.25, 0.3) is 0 Å². The lowest BCUT2D eigenvalue weighted by Gasteiger charge is -2.29. The van der Waals surface area contributed by atoms with Gasteiger partial charge in [-0.1, -0.05) is 26.2 Å². The predicted octanol–water partition coefficient (Wildman–Crippen LogP) is 3.05. The molecule has 0 spiro atoms. The molecule has 2 rings (SSSR count). The molecule has 0 saturated heterocycles. The maximum Gasteiger partial charge on any atom is 0.306 e. The van der Waals surface area contributed by atoms with Crippen molar-refractivity contribution in [1.29, 1.82) is 0 Å². The third-order valence-electron chi connectivity index (χ3n) is 5.01. The van der Waals surface area contributed by atoms with Gasteiger partial charge in [-0.2, -0.15) is 0 Å². The van der Waals surface area contributed by atoms with E-state index in [-0.39, 0.29) is 5.92 Å². The molecule has 2 saturated carbocycles. The minimum Gasteiger partial charge on any atom is -0.481 e. The highest BCUT2D eigenvalue weighted by Crippen LogP contribution is 2.31. The maximum absolute atomic E-state index is 11.2. The number of hydrogen-bond acceptors (Lipinski definition) is 2. The maximum atomic E-state index is 11.2. The normalized spacial score (nSPS) is 36.7. The zero-order valence-electron chi connectivity index (χ0n) is 11.5. The second kappa shape index (κ2) is 6.55. The van der Waals surface area contributed by atoms with Gasteiger partial charge in [-0.3, -0.25) is 4.79 Å². The van der Waals surface area contributed by atoms with Crippen LogP contribution < -0.4 is 5.32 Å². The van der Waals surface area contributed by atoms with Crippen LogP contribution >= 0.6 is 0 Å². The van der Waals surface area contributed by atoms with E-state index in [0.717, 1.165) is 31.7 Å². The average molecular weight is 253 g/mol. The molecule has 0 aromatic carbocycles. The summed E-state index contributed by atoms with van der Waals surface area (Å²) in [6.07, 6.45) is 9.48. The van der Waals surface area contributed by atoms with E-state index in [1.165, 1.54) is 32.1 Å². The molecule has 3 heteroatoms. The molecule has 104 valence electrons. The lowest BCUT2D eigenvalue weighted by atomic mass is 9.79. The molecule has 4 atom stereocenters. The highest BCUT2D eigenvalue weighted by molar-refractivity contribution is 5.70. The monoisotopic (exact) mass is 253 g/mol. The van der Waals surface area contributed by atoms with E-state index in [9.17, 15) is 9.90 Å². The zero-order valence-corrected chi connectivity index (χ0v) is 11.5. The van der Waals surface area contributed by atoms with Crippen molar-refractivity contribution in [1.82, 2.24) is 5.32 Å². The van der Waals surface area contributed by atoms with Gasteiger partial charge in [0.2, 0.25) is 0 Å². The van der Waals surface area contributed by atoms with E-state index in [4.69, 9.17) is 0 Å². The van der Waals surface area contributed by atoms with Crippen LogP contribution in [-0.2, 0) is 4.79 Å². The molecule has 0 aromatic rings. The van der Waals surface area contributed by atoms with E-state index in [1.807, 2.05) is 0 Å². The van der Waals surface area contributed by atoms with E-state index in [1.54, 1.807) is 0 Å². The standard InChI is InChI=1S/C15H27NO2/c1-2-11-7-8-13(9-11)16-10-12-5-3-4-6-14(12)15(17)18/h11-14,16H,2-10H2,1H3,(H,17,18). The molecule has 0 aliphatic heterocycles. The molecule has 3 nitrogen and oxygen atoms in total. The van der Waals surface area contributed by atoms with Crippen molar-refractivity contribution in [2.75, 3.05) is 6.54 Å². The Balaban J connectivity index is 1.76. The van der Waals surface area contributed by atoms with Crippen LogP contribution in [0, 0.1) is 17.8 Å². The Bertz CT molecular complexity index is 280. The first-order valence-electron chi connectivity index (χ1n) is 7.67. The molecule has 0 amide bonds. The van der Waals surface area contributed by atoms with E-state index in [2.05, 4.69) is 12.2 Å². The number of carboxylic acids is 1. The van der Waals surface area contributed by atoms with Crippen LogP contribution in [0.25, 0.3) is 0 Å². The van der Waals surface area contributed by atoms with Crippen LogP contribution in [-0.4, -0.2) is 23.7 Å². The smallest absolute Gasteiger partial charge is 0.306 e. The van der Waals surface area contributed by atoms with Gasteiger partial charge in [0.15, 0.2) is 0 Å². The number of carbonyl (C=O) groups is 1. The van der Waals surface area contributed by atoms with Crippen molar-refractivity contribution in [3.8, 4) is 0 Å². The van der Waals surface area contributed by atoms with E-state index >= 15 is 0 Å². The lowest BCUT2D eigenvalue weighted by molar-refractivity contribution is -0.144. The quantitative estimate of drug-likeness (QED) is 0.791. The average Bonchev–Trinajstić information content (AvgIpc) is 2.84. The van der Waals surface area contributed by atoms with Crippen LogP contribution in [0.2, 0.25) is 0 Å². The lowest BCUT2D eigenvalue weighted by Crippen LogP contribution is -2.38. The molecule has 0 bridgehead atoms. The Morgan fingerprint density at radius 2 is 2.00 bits per heavy atom. The highest BCUT2D eigenvalue weighted by atomic mass is 16.4.